The number of amides is 2. The number of fused-ring (bicyclic) bond motifs is 1. The average molecular weight is 391 g/mol. The number of carbonyl (C=O) groups excluding carboxylic acids is 2. The Kier molecular flexibility index (Phi) is 6.73. The van der Waals surface area contributed by atoms with Crippen LogP contribution in [0.2, 0.25) is 0 Å². The Morgan fingerprint density at radius 1 is 1.11 bits per heavy atom. The van der Waals surface area contributed by atoms with E-state index in [1.165, 1.54) is 43.9 Å². The first-order valence-corrected chi connectivity index (χ1v) is 11.0. The monoisotopic (exact) mass is 390 g/mol. The number of piperidine rings is 1. The van der Waals surface area contributed by atoms with E-state index in [9.17, 15) is 9.59 Å². The number of nitrogens with zero attached hydrogens (tertiary/aromatic N) is 3. The quantitative estimate of drug-likeness (QED) is 0.596. The Labute approximate surface area is 165 Å². The predicted octanol–water partition coefficient (Wildman–Crippen LogP) is 2.78. The number of aryl methyl sites for hydroxylation is 2. The molecule has 2 atom stereocenters. The minimum Gasteiger partial charge on any atom is -0.369 e. The van der Waals surface area contributed by atoms with Crippen LogP contribution in [0.25, 0.3) is 0 Å². The molecule has 1 saturated heterocycles. The highest BCUT2D eigenvalue weighted by Gasteiger charge is 2.35. The largest absolute Gasteiger partial charge is 0.369 e. The van der Waals surface area contributed by atoms with Gasteiger partial charge in [-0.15, -0.1) is 0 Å². The molecule has 1 aromatic rings. The van der Waals surface area contributed by atoms with Crippen molar-refractivity contribution in [3.05, 3.63) is 17.0 Å². The van der Waals surface area contributed by atoms with Crippen LogP contribution in [0.5, 0.6) is 0 Å². The zero-order chi connectivity index (χ0) is 19.4. The second-order valence-corrected chi connectivity index (χ2v) is 8.69. The highest BCUT2D eigenvalue weighted by molar-refractivity contribution is 7.99. The minimum absolute atomic E-state index is 0.175. The van der Waals surface area contributed by atoms with Gasteiger partial charge in [-0.2, -0.15) is 0 Å². The van der Waals surface area contributed by atoms with E-state index in [0.29, 0.717) is 30.0 Å². The first kappa shape index (κ1) is 20.1. The molecule has 0 aromatic carbocycles. The lowest BCUT2D eigenvalue weighted by Crippen LogP contribution is -2.49. The van der Waals surface area contributed by atoms with E-state index in [0.717, 1.165) is 29.9 Å². The maximum atomic E-state index is 12.9. The molecule has 0 bridgehead atoms. The third kappa shape index (κ3) is 5.00. The van der Waals surface area contributed by atoms with E-state index in [4.69, 9.17) is 5.73 Å². The molecule has 1 aliphatic heterocycles. The van der Waals surface area contributed by atoms with Gasteiger partial charge in [0.1, 0.15) is 0 Å². The van der Waals surface area contributed by atoms with E-state index in [1.54, 1.807) is 0 Å². The van der Waals surface area contributed by atoms with Crippen LogP contribution < -0.4 is 5.73 Å². The van der Waals surface area contributed by atoms with Gasteiger partial charge in [0.05, 0.1) is 5.75 Å². The molecule has 6 nitrogen and oxygen atoms in total. The number of hydrogen-bond acceptors (Lipinski definition) is 5. The Balaban J connectivity index is 1.62. The summed E-state index contributed by atoms with van der Waals surface area (Å²) in [5.74, 6) is 0.785. The molecule has 2 fully saturated rings. The number of thioether (sulfide) groups is 1. The summed E-state index contributed by atoms with van der Waals surface area (Å²) >= 11 is 1.25. The van der Waals surface area contributed by atoms with Crippen LogP contribution in [0.1, 0.15) is 61.9 Å². The van der Waals surface area contributed by atoms with Gasteiger partial charge in [0, 0.05) is 30.4 Å². The molecule has 1 aromatic heterocycles. The van der Waals surface area contributed by atoms with Crippen LogP contribution in [0.4, 0.5) is 0 Å². The molecule has 2 aliphatic rings. The summed E-state index contributed by atoms with van der Waals surface area (Å²) < 4.78 is 0. The molecule has 2 heterocycles. The summed E-state index contributed by atoms with van der Waals surface area (Å²) in [7, 11) is 0. The molecule has 0 unspecified atom stereocenters. The van der Waals surface area contributed by atoms with Crippen molar-refractivity contribution >= 4 is 23.6 Å². The number of carbonyl (C=O) groups is 2. The Morgan fingerprint density at radius 2 is 1.78 bits per heavy atom. The molecular weight excluding hydrogens is 360 g/mol. The second kappa shape index (κ2) is 9.04. The van der Waals surface area contributed by atoms with Crippen LogP contribution >= 0.6 is 11.8 Å². The van der Waals surface area contributed by atoms with Crippen molar-refractivity contribution in [2.75, 3.05) is 12.3 Å². The maximum absolute atomic E-state index is 12.9. The van der Waals surface area contributed by atoms with Crippen molar-refractivity contribution in [1.29, 1.82) is 0 Å². The van der Waals surface area contributed by atoms with Crippen LogP contribution in [0.15, 0.2) is 5.16 Å². The molecule has 3 rings (SSSR count). The number of hydrogen-bond donors (Lipinski definition) is 1. The van der Waals surface area contributed by atoms with Crippen LogP contribution in [0.3, 0.4) is 0 Å². The van der Waals surface area contributed by atoms with Gasteiger partial charge >= 0.3 is 0 Å². The molecule has 0 radical (unpaired) electrons. The zero-order valence-electron chi connectivity index (χ0n) is 16.4. The maximum Gasteiger partial charge on any atom is 0.227 e. The standard InChI is InChI=1S/C20H30N4O2S/c1-13-16(14(2)23-20(22-13)27-12-18(21)25)9-10-19(26)24-11-5-7-15-6-3-4-8-17(15)24/h15,17H,3-12H2,1-2H3,(H2,21,25)/t15-,17-/m1/s1. The molecule has 1 aliphatic carbocycles. The Bertz CT molecular complexity index is 684. The van der Waals surface area contributed by atoms with E-state index in [-0.39, 0.29) is 17.6 Å². The third-order valence-corrected chi connectivity index (χ3v) is 6.77. The smallest absolute Gasteiger partial charge is 0.227 e. The van der Waals surface area contributed by atoms with E-state index in [2.05, 4.69) is 14.9 Å². The summed E-state index contributed by atoms with van der Waals surface area (Å²) in [6.45, 7) is 4.80. The van der Waals surface area contributed by atoms with Gasteiger partial charge in [0.2, 0.25) is 11.8 Å². The lowest BCUT2D eigenvalue weighted by molar-refractivity contribution is -0.137. The molecule has 7 heteroatoms. The van der Waals surface area contributed by atoms with Crippen molar-refractivity contribution in [3.8, 4) is 0 Å². The SMILES string of the molecule is Cc1nc(SCC(N)=O)nc(C)c1CCC(=O)N1CCC[C@H]2CCCC[C@H]21. The van der Waals surface area contributed by atoms with Crippen molar-refractivity contribution in [1.82, 2.24) is 14.9 Å². The molecule has 148 valence electrons. The third-order valence-electron chi connectivity index (χ3n) is 5.90. The van der Waals surface area contributed by atoms with Crippen molar-refractivity contribution in [2.45, 2.75) is 76.4 Å². The van der Waals surface area contributed by atoms with Gasteiger partial charge in [0.15, 0.2) is 5.16 Å². The van der Waals surface area contributed by atoms with Crippen LogP contribution in [0, 0.1) is 19.8 Å². The van der Waals surface area contributed by atoms with Crippen molar-refractivity contribution in [3.63, 3.8) is 0 Å². The molecule has 2 amide bonds. The number of likely N-dealkylation sites (tertiary alicyclic amines) is 1. The van der Waals surface area contributed by atoms with Gasteiger partial charge in [-0.3, -0.25) is 9.59 Å². The molecule has 0 spiro atoms. The number of aromatic nitrogens is 2. The summed E-state index contributed by atoms with van der Waals surface area (Å²) in [5.41, 5.74) is 8.00. The second-order valence-electron chi connectivity index (χ2n) is 7.75. The zero-order valence-corrected chi connectivity index (χ0v) is 17.2. The first-order chi connectivity index (χ1) is 13.0. The fourth-order valence-corrected chi connectivity index (χ4v) is 5.26. The van der Waals surface area contributed by atoms with E-state index in [1.807, 2.05) is 13.8 Å². The fourth-order valence-electron chi connectivity index (χ4n) is 4.58. The van der Waals surface area contributed by atoms with Gasteiger partial charge in [0.25, 0.3) is 0 Å². The average Bonchev–Trinajstić information content (AvgIpc) is 2.65. The van der Waals surface area contributed by atoms with Gasteiger partial charge in [-0.1, -0.05) is 24.6 Å². The molecule has 1 saturated carbocycles. The summed E-state index contributed by atoms with van der Waals surface area (Å²) in [5, 5.41) is 0.569. The van der Waals surface area contributed by atoms with Crippen molar-refractivity contribution < 1.29 is 9.59 Å². The normalized spacial score (nSPS) is 22.4. The Morgan fingerprint density at radius 3 is 2.48 bits per heavy atom. The fraction of sp³-hybridized carbons (Fsp3) is 0.700. The number of rotatable bonds is 6. The Hall–Kier alpha value is -1.63. The molecular formula is C20H30N4O2S. The minimum atomic E-state index is -0.379. The number of primary amides is 1. The summed E-state index contributed by atoms with van der Waals surface area (Å²) in [6, 6.07) is 0.464. The highest BCUT2D eigenvalue weighted by atomic mass is 32.2. The lowest BCUT2D eigenvalue weighted by Gasteiger charge is -2.44. The van der Waals surface area contributed by atoms with E-state index < -0.39 is 0 Å². The van der Waals surface area contributed by atoms with Gasteiger partial charge in [-0.25, -0.2) is 9.97 Å². The van der Waals surface area contributed by atoms with E-state index >= 15 is 0 Å². The molecule has 2 N–H and O–H groups in total. The number of nitrogens with two attached hydrogens (primary N) is 1. The molecule has 27 heavy (non-hydrogen) atoms. The predicted molar refractivity (Wildman–Crippen MR) is 106 cm³/mol. The first-order valence-electron chi connectivity index (χ1n) is 10.0. The van der Waals surface area contributed by atoms with Crippen LogP contribution in [-0.4, -0.2) is 45.0 Å². The lowest BCUT2D eigenvalue weighted by atomic mass is 9.78. The summed E-state index contributed by atoms with van der Waals surface area (Å²) in [4.78, 5) is 35.0. The van der Waals surface area contributed by atoms with Gasteiger partial charge < -0.3 is 10.6 Å². The topological polar surface area (TPSA) is 89.2 Å². The van der Waals surface area contributed by atoms with Crippen LogP contribution in [-0.2, 0) is 16.0 Å². The highest BCUT2D eigenvalue weighted by Crippen LogP contribution is 2.35. The summed E-state index contributed by atoms with van der Waals surface area (Å²) in [6.07, 6.45) is 8.63. The van der Waals surface area contributed by atoms with Gasteiger partial charge in [-0.05, 0) is 57.4 Å². The van der Waals surface area contributed by atoms with Crippen molar-refractivity contribution in [2.24, 2.45) is 11.7 Å².